The second kappa shape index (κ2) is 9.32. The zero-order chi connectivity index (χ0) is 15.8. The maximum Gasteiger partial charge on any atom is 0.0642 e. The van der Waals surface area contributed by atoms with E-state index in [1.54, 1.807) is 0 Å². The molecular weight excluding hydrogens is 280 g/mol. The Morgan fingerprint density at radius 3 is 2.29 bits per heavy atom. The third kappa shape index (κ3) is 5.19. The molecule has 0 amide bonds. The van der Waals surface area contributed by atoms with Crippen LogP contribution in [0.4, 0.5) is 5.69 Å². The molecule has 0 saturated carbocycles. The smallest absolute Gasteiger partial charge is 0.0642 e. The monoisotopic (exact) mass is 310 g/mol. The first-order valence-electron chi connectivity index (χ1n) is 8.34. The molecule has 1 N–H and O–H groups in total. The Bertz CT molecular complexity index is 416. The molecule has 1 aromatic rings. The van der Waals surface area contributed by atoms with Gasteiger partial charge >= 0.3 is 0 Å². The normalized spacial score (nSPS) is 12.7. The Morgan fingerprint density at radius 1 is 1.14 bits per heavy atom. The Balaban J connectivity index is 2.90. The summed E-state index contributed by atoms with van der Waals surface area (Å²) in [6, 6.07) is 6.83. The highest BCUT2D eigenvalue weighted by Crippen LogP contribution is 2.30. The number of rotatable bonds is 9. The van der Waals surface area contributed by atoms with Gasteiger partial charge in [-0.25, -0.2) is 0 Å². The summed E-state index contributed by atoms with van der Waals surface area (Å²) in [6.45, 7) is 14.1. The van der Waals surface area contributed by atoms with E-state index in [2.05, 4.69) is 63.0 Å². The molecule has 21 heavy (non-hydrogen) atoms. The number of halogens is 1. The summed E-state index contributed by atoms with van der Waals surface area (Å²) in [6.07, 6.45) is 2.44. The fourth-order valence-electron chi connectivity index (χ4n) is 2.73. The summed E-state index contributed by atoms with van der Waals surface area (Å²) in [4.78, 5) is 2.40. The predicted octanol–water partition coefficient (Wildman–Crippen LogP) is 5.27. The van der Waals surface area contributed by atoms with Crippen molar-refractivity contribution >= 4 is 17.3 Å². The summed E-state index contributed by atoms with van der Waals surface area (Å²) in [7, 11) is 0. The molecule has 120 valence electrons. The number of hydrogen-bond donors (Lipinski definition) is 1. The molecule has 1 rings (SSSR count). The molecule has 0 aliphatic rings. The van der Waals surface area contributed by atoms with Crippen molar-refractivity contribution in [2.75, 3.05) is 24.5 Å². The van der Waals surface area contributed by atoms with Crippen LogP contribution in [0.1, 0.15) is 59.1 Å². The van der Waals surface area contributed by atoms with Crippen LogP contribution < -0.4 is 10.2 Å². The topological polar surface area (TPSA) is 15.3 Å². The molecule has 1 atom stereocenters. The van der Waals surface area contributed by atoms with E-state index in [0.29, 0.717) is 6.04 Å². The molecule has 1 unspecified atom stereocenters. The maximum absolute atomic E-state index is 6.55. The molecule has 1 aromatic carbocycles. The Morgan fingerprint density at radius 2 is 1.81 bits per heavy atom. The summed E-state index contributed by atoms with van der Waals surface area (Å²) in [5.41, 5.74) is 2.42. The standard InChI is InChI=1S/C18H31ClN2/c1-6-15(7-2)13-21(9-4)18-11-10-16(12-17(18)19)14(5)20-8-3/h10-12,14-15,20H,6-9,13H2,1-5H3. The van der Waals surface area contributed by atoms with Crippen LogP contribution in [0.2, 0.25) is 5.02 Å². The fourth-order valence-corrected chi connectivity index (χ4v) is 3.04. The van der Waals surface area contributed by atoms with Gasteiger partial charge in [0.15, 0.2) is 0 Å². The first-order chi connectivity index (χ1) is 10.1. The van der Waals surface area contributed by atoms with E-state index in [1.807, 2.05) is 0 Å². The van der Waals surface area contributed by atoms with Gasteiger partial charge in [0.1, 0.15) is 0 Å². The van der Waals surface area contributed by atoms with Gasteiger partial charge in [-0.15, -0.1) is 0 Å². The summed E-state index contributed by atoms with van der Waals surface area (Å²) < 4.78 is 0. The molecule has 0 aromatic heterocycles. The van der Waals surface area contributed by atoms with Crippen molar-refractivity contribution in [3.63, 3.8) is 0 Å². The summed E-state index contributed by atoms with van der Waals surface area (Å²) in [5.74, 6) is 0.737. The highest BCUT2D eigenvalue weighted by molar-refractivity contribution is 6.33. The lowest BCUT2D eigenvalue weighted by Crippen LogP contribution is -2.29. The van der Waals surface area contributed by atoms with Crippen LogP contribution in [0.3, 0.4) is 0 Å². The van der Waals surface area contributed by atoms with Crippen molar-refractivity contribution < 1.29 is 0 Å². The van der Waals surface area contributed by atoms with Gasteiger partial charge in [-0.3, -0.25) is 0 Å². The molecule has 0 heterocycles. The van der Waals surface area contributed by atoms with Crippen molar-refractivity contribution in [1.82, 2.24) is 5.32 Å². The largest absolute Gasteiger partial charge is 0.370 e. The van der Waals surface area contributed by atoms with Gasteiger partial charge in [0.05, 0.1) is 10.7 Å². The van der Waals surface area contributed by atoms with Crippen LogP contribution in [0.15, 0.2) is 18.2 Å². The Hall–Kier alpha value is -0.730. The van der Waals surface area contributed by atoms with Gasteiger partial charge in [0, 0.05) is 19.1 Å². The summed E-state index contributed by atoms with van der Waals surface area (Å²) in [5, 5.41) is 4.30. The van der Waals surface area contributed by atoms with E-state index in [4.69, 9.17) is 11.6 Å². The third-order valence-corrected chi connectivity index (χ3v) is 4.64. The van der Waals surface area contributed by atoms with Gasteiger partial charge in [-0.05, 0) is 44.0 Å². The Labute approximate surface area is 135 Å². The predicted molar refractivity (Wildman–Crippen MR) is 95.5 cm³/mol. The fraction of sp³-hybridized carbons (Fsp3) is 0.667. The van der Waals surface area contributed by atoms with Crippen LogP contribution >= 0.6 is 11.6 Å². The van der Waals surface area contributed by atoms with Crippen LogP contribution in [0.25, 0.3) is 0 Å². The second-order valence-electron chi connectivity index (χ2n) is 5.71. The lowest BCUT2D eigenvalue weighted by atomic mass is 10.0. The van der Waals surface area contributed by atoms with E-state index in [1.165, 1.54) is 24.1 Å². The van der Waals surface area contributed by atoms with Crippen molar-refractivity contribution in [1.29, 1.82) is 0 Å². The molecule has 2 nitrogen and oxygen atoms in total. The average Bonchev–Trinajstić information content (AvgIpc) is 2.49. The second-order valence-corrected chi connectivity index (χ2v) is 6.12. The lowest BCUT2D eigenvalue weighted by Gasteiger charge is -2.29. The van der Waals surface area contributed by atoms with Gasteiger partial charge < -0.3 is 10.2 Å². The first-order valence-corrected chi connectivity index (χ1v) is 8.72. The van der Waals surface area contributed by atoms with Gasteiger partial charge in [-0.1, -0.05) is 51.3 Å². The van der Waals surface area contributed by atoms with Gasteiger partial charge in [0.2, 0.25) is 0 Å². The highest BCUT2D eigenvalue weighted by Gasteiger charge is 2.14. The molecular formula is C18H31ClN2. The molecule has 0 aliphatic heterocycles. The van der Waals surface area contributed by atoms with Crippen molar-refractivity contribution in [2.45, 2.75) is 53.5 Å². The first kappa shape index (κ1) is 18.3. The van der Waals surface area contributed by atoms with E-state index in [9.17, 15) is 0 Å². The number of hydrogen-bond acceptors (Lipinski definition) is 2. The van der Waals surface area contributed by atoms with E-state index in [0.717, 1.165) is 30.6 Å². The van der Waals surface area contributed by atoms with Crippen LogP contribution in [-0.4, -0.2) is 19.6 Å². The number of nitrogens with one attached hydrogen (secondary N) is 1. The quantitative estimate of drug-likeness (QED) is 0.668. The highest BCUT2D eigenvalue weighted by atomic mass is 35.5. The molecule has 0 bridgehead atoms. The number of anilines is 1. The molecule has 0 radical (unpaired) electrons. The minimum absolute atomic E-state index is 0.343. The molecule has 0 saturated heterocycles. The van der Waals surface area contributed by atoms with E-state index >= 15 is 0 Å². The SMILES string of the molecule is CCNC(C)c1ccc(N(CC)CC(CC)CC)c(Cl)c1. The van der Waals surface area contributed by atoms with E-state index in [-0.39, 0.29) is 0 Å². The summed E-state index contributed by atoms with van der Waals surface area (Å²) >= 11 is 6.55. The van der Waals surface area contributed by atoms with Crippen molar-refractivity contribution in [3.8, 4) is 0 Å². The minimum Gasteiger partial charge on any atom is -0.370 e. The van der Waals surface area contributed by atoms with Crippen LogP contribution in [-0.2, 0) is 0 Å². The van der Waals surface area contributed by atoms with E-state index < -0.39 is 0 Å². The van der Waals surface area contributed by atoms with Crippen LogP contribution in [0, 0.1) is 5.92 Å². The van der Waals surface area contributed by atoms with Crippen molar-refractivity contribution in [3.05, 3.63) is 28.8 Å². The lowest BCUT2D eigenvalue weighted by molar-refractivity contribution is 0.486. The van der Waals surface area contributed by atoms with Gasteiger partial charge in [0.25, 0.3) is 0 Å². The maximum atomic E-state index is 6.55. The molecule has 0 aliphatic carbocycles. The van der Waals surface area contributed by atoms with Crippen LogP contribution in [0.5, 0.6) is 0 Å². The zero-order valence-corrected chi connectivity index (χ0v) is 15.0. The molecule has 3 heteroatoms. The van der Waals surface area contributed by atoms with Crippen molar-refractivity contribution in [2.24, 2.45) is 5.92 Å². The number of nitrogens with zero attached hydrogens (tertiary/aromatic N) is 1. The molecule has 0 spiro atoms. The minimum atomic E-state index is 0.343. The van der Waals surface area contributed by atoms with Gasteiger partial charge in [-0.2, -0.15) is 0 Å². The Kier molecular flexibility index (Phi) is 8.13. The third-order valence-electron chi connectivity index (χ3n) is 4.34. The average molecular weight is 311 g/mol. The zero-order valence-electron chi connectivity index (χ0n) is 14.2. The molecule has 0 fully saturated rings. The number of benzene rings is 1.